The monoisotopic (exact) mass is 332 g/mol. The molecule has 5 heteroatoms. The first-order chi connectivity index (χ1) is 10.7. The van der Waals surface area contributed by atoms with E-state index >= 15 is 0 Å². The van der Waals surface area contributed by atoms with E-state index in [-0.39, 0.29) is 5.91 Å². The zero-order valence-corrected chi connectivity index (χ0v) is 13.7. The van der Waals surface area contributed by atoms with Crippen LogP contribution in [-0.4, -0.2) is 12.1 Å². The van der Waals surface area contributed by atoms with Gasteiger partial charge < -0.3 is 0 Å². The molecule has 0 saturated heterocycles. The molecule has 0 spiro atoms. The SMILES string of the molecule is O=C(N/N=C/C1CC2CCC1C2)c1sc2ccccc2c1Cl. The molecule has 1 aromatic carbocycles. The number of hydrogen-bond acceptors (Lipinski definition) is 3. The van der Waals surface area contributed by atoms with Gasteiger partial charge in [-0.25, -0.2) is 5.43 Å². The first-order valence-electron chi connectivity index (χ1n) is 7.73. The molecule has 3 unspecified atom stereocenters. The summed E-state index contributed by atoms with van der Waals surface area (Å²) in [6.45, 7) is 0. The Kier molecular flexibility index (Phi) is 3.66. The van der Waals surface area contributed by atoms with Crippen LogP contribution in [0.4, 0.5) is 0 Å². The summed E-state index contributed by atoms with van der Waals surface area (Å²) in [5.74, 6) is 1.98. The van der Waals surface area contributed by atoms with Gasteiger partial charge in [0.25, 0.3) is 5.91 Å². The summed E-state index contributed by atoms with van der Waals surface area (Å²) < 4.78 is 1.02. The maximum atomic E-state index is 12.3. The van der Waals surface area contributed by atoms with Crippen LogP contribution >= 0.6 is 22.9 Å². The molecule has 0 radical (unpaired) electrons. The molecule has 22 heavy (non-hydrogen) atoms. The highest BCUT2D eigenvalue weighted by Gasteiger charge is 2.38. The van der Waals surface area contributed by atoms with Gasteiger partial charge in [0.15, 0.2) is 0 Å². The fourth-order valence-electron chi connectivity index (χ4n) is 3.88. The third kappa shape index (κ3) is 2.44. The van der Waals surface area contributed by atoms with Crippen LogP contribution in [0, 0.1) is 17.8 Å². The van der Waals surface area contributed by atoms with E-state index in [2.05, 4.69) is 10.5 Å². The number of nitrogens with one attached hydrogen (secondary N) is 1. The fourth-order valence-corrected chi connectivity index (χ4v) is 5.29. The van der Waals surface area contributed by atoms with Crippen molar-refractivity contribution in [2.75, 3.05) is 0 Å². The molecule has 2 fully saturated rings. The van der Waals surface area contributed by atoms with Crippen LogP contribution in [0.1, 0.15) is 35.4 Å². The van der Waals surface area contributed by atoms with Gasteiger partial charge in [0, 0.05) is 16.3 Å². The van der Waals surface area contributed by atoms with Crippen LogP contribution in [0.15, 0.2) is 29.4 Å². The maximum Gasteiger partial charge on any atom is 0.282 e. The molecule has 0 aliphatic heterocycles. The van der Waals surface area contributed by atoms with E-state index in [0.29, 0.717) is 15.8 Å². The molecule has 2 aromatic rings. The van der Waals surface area contributed by atoms with Crippen molar-refractivity contribution in [2.24, 2.45) is 22.9 Å². The summed E-state index contributed by atoms with van der Waals surface area (Å²) in [4.78, 5) is 12.8. The standard InChI is InChI=1S/C17H17ClN2OS/c18-15-13-3-1-2-4-14(13)22-16(15)17(21)20-19-9-12-8-10-5-6-11(12)7-10/h1-4,9-12H,5-8H2,(H,20,21)/b19-9+. The molecular weight excluding hydrogens is 316 g/mol. The van der Waals surface area contributed by atoms with Gasteiger partial charge in [0.2, 0.25) is 0 Å². The minimum atomic E-state index is -0.217. The van der Waals surface area contributed by atoms with Gasteiger partial charge >= 0.3 is 0 Å². The number of rotatable bonds is 3. The van der Waals surface area contributed by atoms with Crippen LogP contribution < -0.4 is 5.43 Å². The Morgan fingerprint density at radius 2 is 2.18 bits per heavy atom. The van der Waals surface area contributed by atoms with Crippen molar-refractivity contribution in [3.05, 3.63) is 34.2 Å². The first-order valence-corrected chi connectivity index (χ1v) is 8.92. The van der Waals surface area contributed by atoms with Crippen molar-refractivity contribution in [1.29, 1.82) is 0 Å². The van der Waals surface area contributed by atoms with Crippen molar-refractivity contribution in [1.82, 2.24) is 5.43 Å². The lowest BCUT2D eigenvalue weighted by atomic mass is 9.90. The van der Waals surface area contributed by atoms with E-state index in [1.807, 2.05) is 30.5 Å². The third-order valence-electron chi connectivity index (χ3n) is 4.97. The van der Waals surface area contributed by atoms with Crippen LogP contribution in [0.3, 0.4) is 0 Å². The molecule has 1 N–H and O–H groups in total. The number of carbonyl (C=O) groups is 1. The molecule has 4 rings (SSSR count). The molecule has 114 valence electrons. The Morgan fingerprint density at radius 3 is 2.91 bits per heavy atom. The summed E-state index contributed by atoms with van der Waals surface area (Å²) in [5.41, 5.74) is 2.64. The van der Waals surface area contributed by atoms with Crippen molar-refractivity contribution >= 4 is 45.1 Å². The van der Waals surface area contributed by atoms with E-state index in [1.165, 1.54) is 37.0 Å². The highest BCUT2D eigenvalue weighted by molar-refractivity contribution is 7.21. The summed E-state index contributed by atoms with van der Waals surface area (Å²) in [6.07, 6.45) is 7.19. The summed E-state index contributed by atoms with van der Waals surface area (Å²) >= 11 is 7.72. The van der Waals surface area contributed by atoms with E-state index in [4.69, 9.17) is 11.6 Å². The second-order valence-electron chi connectivity index (χ2n) is 6.30. The van der Waals surface area contributed by atoms with Crippen molar-refractivity contribution in [3.63, 3.8) is 0 Å². The van der Waals surface area contributed by atoms with Gasteiger partial charge in [0.05, 0.1) is 5.02 Å². The topological polar surface area (TPSA) is 41.5 Å². The fraction of sp³-hybridized carbons (Fsp3) is 0.412. The van der Waals surface area contributed by atoms with Gasteiger partial charge in [0.1, 0.15) is 4.88 Å². The number of carbonyl (C=O) groups excluding carboxylic acids is 1. The van der Waals surface area contributed by atoms with Crippen LogP contribution in [0.2, 0.25) is 5.02 Å². The lowest BCUT2D eigenvalue weighted by Gasteiger charge is -2.16. The average Bonchev–Trinajstić information content (AvgIpc) is 3.22. The number of halogens is 1. The van der Waals surface area contributed by atoms with Crippen LogP contribution in [0.25, 0.3) is 10.1 Å². The highest BCUT2D eigenvalue weighted by atomic mass is 35.5. The average molecular weight is 333 g/mol. The van der Waals surface area contributed by atoms with Crippen molar-refractivity contribution < 1.29 is 4.79 Å². The largest absolute Gasteiger partial charge is 0.282 e. The Bertz CT molecular complexity index is 754. The Labute approximate surface area is 138 Å². The zero-order chi connectivity index (χ0) is 15.1. The predicted octanol–water partition coefficient (Wildman–Crippen LogP) is 4.71. The number of benzene rings is 1. The number of hydrogen-bond donors (Lipinski definition) is 1. The Hall–Kier alpha value is -1.39. The molecule has 2 bridgehead atoms. The maximum absolute atomic E-state index is 12.3. The highest BCUT2D eigenvalue weighted by Crippen LogP contribution is 2.47. The summed E-state index contributed by atoms with van der Waals surface area (Å²) in [5, 5.41) is 5.63. The predicted molar refractivity (Wildman–Crippen MR) is 91.7 cm³/mol. The van der Waals surface area contributed by atoms with E-state index < -0.39 is 0 Å². The Balaban J connectivity index is 1.46. The molecular formula is C17H17ClN2OS. The summed E-state index contributed by atoms with van der Waals surface area (Å²) in [6, 6.07) is 7.78. The van der Waals surface area contributed by atoms with Crippen molar-refractivity contribution in [3.8, 4) is 0 Å². The lowest BCUT2D eigenvalue weighted by molar-refractivity contribution is 0.0959. The smallest absolute Gasteiger partial charge is 0.266 e. The molecule has 2 saturated carbocycles. The second-order valence-corrected chi connectivity index (χ2v) is 7.73. The molecule has 1 amide bonds. The number of fused-ring (bicyclic) bond motifs is 3. The van der Waals surface area contributed by atoms with E-state index in [9.17, 15) is 4.79 Å². The third-order valence-corrected chi connectivity index (χ3v) is 6.64. The molecule has 3 nitrogen and oxygen atoms in total. The molecule has 2 aliphatic carbocycles. The number of nitrogens with zero attached hydrogens (tertiary/aromatic N) is 1. The zero-order valence-electron chi connectivity index (χ0n) is 12.1. The lowest BCUT2D eigenvalue weighted by Crippen LogP contribution is -2.19. The Morgan fingerprint density at radius 1 is 1.32 bits per heavy atom. The number of hydrazone groups is 1. The van der Waals surface area contributed by atoms with Crippen LogP contribution in [-0.2, 0) is 0 Å². The van der Waals surface area contributed by atoms with Gasteiger partial charge in [-0.2, -0.15) is 5.10 Å². The molecule has 1 aromatic heterocycles. The van der Waals surface area contributed by atoms with Crippen LogP contribution in [0.5, 0.6) is 0 Å². The van der Waals surface area contributed by atoms with Gasteiger partial charge in [-0.1, -0.05) is 36.2 Å². The first kappa shape index (κ1) is 14.2. The van der Waals surface area contributed by atoms with Gasteiger partial charge in [-0.3, -0.25) is 4.79 Å². The van der Waals surface area contributed by atoms with E-state index in [0.717, 1.165) is 21.9 Å². The minimum absolute atomic E-state index is 0.217. The number of amides is 1. The quantitative estimate of drug-likeness (QED) is 0.642. The normalized spacial score (nSPS) is 27.0. The van der Waals surface area contributed by atoms with Gasteiger partial charge in [-0.15, -0.1) is 11.3 Å². The molecule has 2 aliphatic rings. The molecule has 3 atom stereocenters. The second kappa shape index (κ2) is 5.67. The summed E-state index contributed by atoms with van der Waals surface area (Å²) in [7, 11) is 0. The molecule has 1 heterocycles. The van der Waals surface area contributed by atoms with Gasteiger partial charge in [-0.05, 0) is 43.1 Å². The van der Waals surface area contributed by atoms with E-state index in [1.54, 1.807) is 0 Å². The number of thiophene rings is 1. The minimum Gasteiger partial charge on any atom is -0.266 e. The van der Waals surface area contributed by atoms with Crippen molar-refractivity contribution in [2.45, 2.75) is 25.7 Å².